The largest absolute Gasteiger partial charge is 0.322 e. The predicted molar refractivity (Wildman–Crippen MR) is 114 cm³/mol. The first-order chi connectivity index (χ1) is 14.1. The van der Waals surface area contributed by atoms with Crippen molar-refractivity contribution in [2.45, 2.75) is 18.9 Å². The molecule has 1 aliphatic heterocycles. The number of amides is 3. The zero-order chi connectivity index (χ0) is 20.2. The summed E-state index contributed by atoms with van der Waals surface area (Å²) in [6.45, 7) is 0.528. The second-order valence-electron chi connectivity index (χ2n) is 6.56. The quantitative estimate of drug-likeness (QED) is 0.642. The molecule has 0 spiro atoms. The van der Waals surface area contributed by atoms with Crippen molar-refractivity contribution in [1.29, 1.82) is 0 Å². The van der Waals surface area contributed by atoms with Crippen LogP contribution < -0.4 is 10.6 Å². The molecule has 1 fully saturated rings. The van der Waals surface area contributed by atoms with Crippen molar-refractivity contribution in [1.82, 2.24) is 15.1 Å². The van der Waals surface area contributed by atoms with Crippen LogP contribution in [0.15, 0.2) is 54.6 Å². The van der Waals surface area contributed by atoms with Crippen LogP contribution in [0.25, 0.3) is 10.6 Å². The SMILES string of the molecule is O=C(Nc1nnc(-c2cccc(Cl)c2)s1)C1CCCN1C(=O)Nc1ccccc1. The van der Waals surface area contributed by atoms with Crippen molar-refractivity contribution in [2.75, 3.05) is 17.2 Å². The Labute approximate surface area is 176 Å². The maximum Gasteiger partial charge on any atom is 0.322 e. The summed E-state index contributed by atoms with van der Waals surface area (Å²) in [5.41, 5.74) is 1.53. The average molecular weight is 428 g/mol. The summed E-state index contributed by atoms with van der Waals surface area (Å²) in [5, 5.41) is 15.4. The van der Waals surface area contributed by atoms with Gasteiger partial charge in [0.1, 0.15) is 11.0 Å². The normalized spacial score (nSPS) is 15.9. The molecule has 2 aromatic carbocycles. The Bertz CT molecular complexity index is 1030. The van der Waals surface area contributed by atoms with Crippen LogP contribution >= 0.6 is 22.9 Å². The third-order valence-corrected chi connectivity index (χ3v) is 5.69. The number of hydrogen-bond donors (Lipinski definition) is 2. The van der Waals surface area contributed by atoms with Crippen molar-refractivity contribution >= 4 is 45.7 Å². The van der Waals surface area contributed by atoms with Crippen LogP contribution in [0.2, 0.25) is 5.02 Å². The molecule has 1 aromatic heterocycles. The Morgan fingerprint density at radius 3 is 2.69 bits per heavy atom. The van der Waals surface area contributed by atoms with Crippen LogP contribution in [0.3, 0.4) is 0 Å². The van der Waals surface area contributed by atoms with E-state index in [-0.39, 0.29) is 11.9 Å². The Morgan fingerprint density at radius 2 is 1.90 bits per heavy atom. The third kappa shape index (κ3) is 4.55. The fourth-order valence-electron chi connectivity index (χ4n) is 3.20. The van der Waals surface area contributed by atoms with E-state index in [0.717, 1.165) is 12.0 Å². The van der Waals surface area contributed by atoms with Gasteiger partial charge in [0, 0.05) is 22.8 Å². The Kier molecular flexibility index (Phi) is 5.73. The molecule has 9 heteroatoms. The van der Waals surface area contributed by atoms with Gasteiger partial charge in [0.2, 0.25) is 11.0 Å². The highest BCUT2D eigenvalue weighted by atomic mass is 35.5. The summed E-state index contributed by atoms with van der Waals surface area (Å²) in [6, 6.07) is 15.6. The zero-order valence-corrected chi connectivity index (χ0v) is 16.9. The predicted octanol–water partition coefficient (Wildman–Crippen LogP) is 4.49. The number of urea groups is 1. The number of nitrogens with zero attached hydrogens (tertiary/aromatic N) is 3. The number of para-hydroxylation sites is 1. The summed E-state index contributed by atoms with van der Waals surface area (Å²) >= 11 is 7.28. The fourth-order valence-corrected chi connectivity index (χ4v) is 4.13. The first-order valence-electron chi connectivity index (χ1n) is 9.13. The van der Waals surface area contributed by atoms with Gasteiger partial charge in [0.15, 0.2) is 0 Å². The lowest BCUT2D eigenvalue weighted by molar-refractivity contribution is -0.119. The van der Waals surface area contributed by atoms with Crippen LogP contribution in [0.1, 0.15) is 12.8 Å². The molecule has 3 aromatic rings. The number of nitrogens with one attached hydrogen (secondary N) is 2. The number of rotatable bonds is 4. The number of aromatic nitrogens is 2. The highest BCUT2D eigenvalue weighted by Crippen LogP contribution is 2.29. The van der Waals surface area contributed by atoms with E-state index < -0.39 is 6.04 Å². The molecule has 148 valence electrons. The molecule has 1 atom stereocenters. The Balaban J connectivity index is 1.42. The minimum Gasteiger partial charge on any atom is -0.312 e. The Morgan fingerprint density at radius 1 is 1.07 bits per heavy atom. The van der Waals surface area contributed by atoms with Crippen molar-refractivity contribution in [3.05, 3.63) is 59.6 Å². The number of likely N-dealkylation sites (tertiary alicyclic amines) is 1. The zero-order valence-electron chi connectivity index (χ0n) is 15.3. The first kappa shape index (κ1) is 19.4. The number of benzene rings is 2. The van der Waals surface area contributed by atoms with Gasteiger partial charge in [-0.15, -0.1) is 10.2 Å². The number of carbonyl (C=O) groups is 2. The van der Waals surface area contributed by atoms with Gasteiger partial charge in [-0.25, -0.2) is 4.79 Å². The summed E-state index contributed by atoms with van der Waals surface area (Å²) in [4.78, 5) is 26.9. The van der Waals surface area contributed by atoms with E-state index in [9.17, 15) is 9.59 Å². The van der Waals surface area contributed by atoms with Crippen LogP contribution in [-0.2, 0) is 4.79 Å². The maximum absolute atomic E-state index is 12.8. The lowest BCUT2D eigenvalue weighted by atomic mass is 10.2. The monoisotopic (exact) mass is 427 g/mol. The number of hydrogen-bond acceptors (Lipinski definition) is 5. The molecule has 4 rings (SSSR count). The minimum absolute atomic E-state index is 0.264. The summed E-state index contributed by atoms with van der Waals surface area (Å²) < 4.78 is 0. The van der Waals surface area contributed by atoms with Crippen molar-refractivity contribution in [2.24, 2.45) is 0 Å². The fraction of sp³-hybridized carbons (Fsp3) is 0.200. The standard InChI is InChI=1S/C20H18ClN5O2S/c21-14-7-4-6-13(12-14)18-24-25-19(29-18)23-17(27)16-10-5-11-26(16)20(28)22-15-8-2-1-3-9-15/h1-4,6-9,12,16H,5,10-11H2,(H,22,28)(H,23,25,27). The van der Waals surface area contributed by atoms with Crippen molar-refractivity contribution < 1.29 is 9.59 Å². The number of carbonyl (C=O) groups excluding carboxylic acids is 2. The molecule has 1 unspecified atom stereocenters. The molecule has 2 N–H and O–H groups in total. The number of halogens is 1. The van der Waals surface area contributed by atoms with Crippen LogP contribution in [0.4, 0.5) is 15.6 Å². The van der Waals surface area contributed by atoms with E-state index in [2.05, 4.69) is 20.8 Å². The van der Waals surface area contributed by atoms with Gasteiger partial charge in [0.05, 0.1) is 0 Å². The molecule has 7 nitrogen and oxygen atoms in total. The van der Waals surface area contributed by atoms with Gasteiger partial charge < -0.3 is 10.2 Å². The van der Waals surface area contributed by atoms with E-state index in [0.29, 0.717) is 33.8 Å². The Hall–Kier alpha value is -2.97. The van der Waals surface area contributed by atoms with E-state index >= 15 is 0 Å². The molecule has 2 heterocycles. The maximum atomic E-state index is 12.8. The van der Waals surface area contributed by atoms with Crippen molar-refractivity contribution in [3.63, 3.8) is 0 Å². The molecule has 1 saturated heterocycles. The average Bonchev–Trinajstić information content (AvgIpc) is 3.38. The number of anilines is 2. The summed E-state index contributed by atoms with van der Waals surface area (Å²) in [7, 11) is 0. The molecule has 0 bridgehead atoms. The van der Waals surface area contributed by atoms with Gasteiger partial charge in [-0.05, 0) is 37.1 Å². The lowest BCUT2D eigenvalue weighted by Gasteiger charge is -2.23. The topological polar surface area (TPSA) is 87.2 Å². The van der Waals surface area contributed by atoms with E-state index in [4.69, 9.17) is 11.6 Å². The smallest absolute Gasteiger partial charge is 0.312 e. The van der Waals surface area contributed by atoms with Crippen molar-refractivity contribution in [3.8, 4) is 10.6 Å². The van der Waals surface area contributed by atoms with E-state index in [1.54, 1.807) is 17.0 Å². The minimum atomic E-state index is -0.544. The molecule has 0 radical (unpaired) electrons. The molecule has 0 aliphatic carbocycles. The van der Waals surface area contributed by atoms with E-state index in [1.807, 2.05) is 42.5 Å². The summed E-state index contributed by atoms with van der Waals surface area (Å²) in [6.07, 6.45) is 1.37. The first-order valence-corrected chi connectivity index (χ1v) is 10.3. The van der Waals surface area contributed by atoms with Gasteiger partial charge in [-0.3, -0.25) is 10.1 Å². The van der Waals surface area contributed by atoms with Gasteiger partial charge in [0.25, 0.3) is 0 Å². The van der Waals surface area contributed by atoms with Crippen LogP contribution in [0.5, 0.6) is 0 Å². The van der Waals surface area contributed by atoms with Gasteiger partial charge in [-0.2, -0.15) is 0 Å². The molecular formula is C20H18ClN5O2S. The third-order valence-electron chi connectivity index (χ3n) is 4.57. The van der Waals surface area contributed by atoms with Gasteiger partial charge in [-0.1, -0.05) is 53.3 Å². The lowest BCUT2D eigenvalue weighted by Crippen LogP contribution is -2.45. The molecule has 1 aliphatic rings. The highest BCUT2D eigenvalue weighted by molar-refractivity contribution is 7.18. The van der Waals surface area contributed by atoms with Gasteiger partial charge >= 0.3 is 6.03 Å². The highest BCUT2D eigenvalue weighted by Gasteiger charge is 2.34. The van der Waals surface area contributed by atoms with Crippen LogP contribution in [-0.4, -0.2) is 39.6 Å². The molecular weight excluding hydrogens is 410 g/mol. The molecule has 3 amide bonds. The second-order valence-corrected chi connectivity index (χ2v) is 7.97. The molecule has 0 saturated carbocycles. The van der Waals surface area contributed by atoms with Crippen LogP contribution in [0, 0.1) is 0 Å². The molecule has 29 heavy (non-hydrogen) atoms. The second kappa shape index (κ2) is 8.59. The van der Waals surface area contributed by atoms with E-state index in [1.165, 1.54) is 11.3 Å². The summed E-state index contributed by atoms with van der Waals surface area (Å²) in [5.74, 6) is -0.264.